The van der Waals surface area contributed by atoms with Crippen LogP contribution in [0.2, 0.25) is 39.3 Å². The van der Waals surface area contributed by atoms with Crippen LogP contribution in [-0.4, -0.2) is 22.9 Å². The van der Waals surface area contributed by atoms with Crippen molar-refractivity contribution < 1.29 is 22.0 Å². The third-order valence-electron chi connectivity index (χ3n) is 3.18. The van der Waals surface area contributed by atoms with Crippen molar-refractivity contribution in [1.82, 2.24) is 0 Å². The van der Waals surface area contributed by atoms with Crippen molar-refractivity contribution in [3.63, 3.8) is 0 Å². The minimum atomic E-state index is -2.13. The Morgan fingerprint density at radius 3 is 1.17 bits per heavy atom. The van der Waals surface area contributed by atoms with E-state index < -0.39 is 57.4 Å². The van der Waals surface area contributed by atoms with Crippen LogP contribution in [0.3, 0.4) is 0 Å². The molecule has 1 aromatic carbocycles. The monoisotopic (exact) mass is 376 g/mol. The van der Waals surface area contributed by atoms with Gasteiger partial charge in [-0.1, -0.05) is 39.3 Å². The minimum Gasteiger partial charge on any atom is -0.204 e. The van der Waals surface area contributed by atoms with Crippen molar-refractivity contribution in [3.8, 4) is 0 Å². The topological polar surface area (TPSA) is 0 Å². The lowest BCUT2D eigenvalue weighted by Gasteiger charge is -2.15. The maximum absolute atomic E-state index is 14.1. The van der Waals surface area contributed by atoms with Crippen molar-refractivity contribution in [1.29, 1.82) is 0 Å². The molecule has 1 rings (SSSR count). The molecule has 0 nitrogen and oxygen atoms in total. The normalized spacial score (nSPS) is 13.3. The molecule has 0 saturated heterocycles. The van der Waals surface area contributed by atoms with Crippen molar-refractivity contribution in [2.45, 2.75) is 39.3 Å². The van der Waals surface area contributed by atoms with Crippen LogP contribution in [0.25, 0.3) is 0 Å². The zero-order chi connectivity index (χ0) is 18.9. The molecular formula is C16H22BF5Si2. The van der Waals surface area contributed by atoms with Crippen LogP contribution in [0.4, 0.5) is 22.0 Å². The highest BCUT2D eigenvalue weighted by atomic mass is 28.3. The first-order valence-electron chi connectivity index (χ1n) is 7.64. The molecule has 0 bridgehead atoms. The van der Waals surface area contributed by atoms with E-state index in [9.17, 15) is 22.0 Å². The van der Waals surface area contributed by atoms with Crippen LogP contribution in [0, 0.1) is 29.1 Å². The first-order chi connectivity index (χ1) is 10.7. The molecule has 0 aromatic heterocycles. The second kappa shape index (κ2) is 7.39. The number of hydrogen-bond donors (Lipinski definition) is 0. The molecule has 0 aliphatic heterocycles. The predicted octanol–water partition coefficient (Wildman–Crippen LogP) is 5.03. The van der Waals surface area contributed by atoms with Gasteiger partial charge in [0.2, 0.25) is 6.71 Å². The van der Waals surface area contributed by atoms with E-state index in [0.717, 1.165) is 0 Å². The molecule has 132 valence electrons. The molecule has 0 unspecified atom stereocenters. The highest BCUT2D eigenvalue weighted by Gasteiger charge is 2.30. The summed E-state index contributed by atoms with van der Waals surface area (Å²) in [7, 11) is -3.42. The summed E-state index contributed by atoms with van der Waals surface area (Å²) in [6, 6.07) is 0. The van der Waals surface area contributed by atoms with Gasteiger partial charge in [0.25, 0.3) is 0 Å². The van der Waals surface area contributed by atoms with Crippen LogP contribution in [0.5, 0.6) is 0 Å². The van der Waals surface area contributed by atoms with Gasteiger partial charge in [-0.2, -0.15) is 0 Å². The molecule has 0 saturated carbocycles. The lowest BCUT2D eigenvalue weighted by molar-refractivity contribution is 0.384. The van der Waals surface area contributed by atoms with E-state index in [1.807, 2.05) is 50.7 Å². The second-order valence-corrected chi connectivity index (χ2v) is 18.1. The van der Waals surface area contributed by atoms with Crippen molar-refractivity contribution in [2.75, 3.05) is 0 Å². The van der Waals surface area contributed by atoms with Gasteiger partial charge >= 0.3 is 0 Å². The van der Waals surface area contributed by atoms with Crippen LogP contribution in [-0.2, 0) is 0 Å². The lowest BCUT2D eigenvalue weighted by Crippen LogP contribution is -2.37. The highest BCUT2D eigenvalue weighted by molar-refractivity contribution is 6.89. The first-order valence-corrected chi connectivity index (χ1v) is 14.8. The van der Waals surface area contributed by atoms with Crippen molar-refractivity contribution >= 4 is 28.3 Å². The van der Waals surface area contributed by atoms with Gasteiger partial charge in [0.1, 0.15) is 0 Å². The summed E-state index contributed by atoms with van der Waals surface area (Å²) in [6.45, 7) is 11.1. The molecule has 0 N–H and O–H groups in total. The van der Waals surface area contributed by atoms with E-state index in [0.29, 0.717) is 0 Å². The van der Waals surface area contributed by atoms with E-state index in [1.165, 1.54) is 0 Å². The van der Waals surface area contributed by atoms with Crippen LogP contribution in [0.15, 0.2) is 23.3 Å². The second-order valence-electron chi connectivity index (χ2n) is 7.96. The average molecular weight is 376 g/mol. The third kappa shape index (κ3) is 5.44. The zero-order valence-corrected chi connectivity index (χ0v) is 16.8. The van der Waals surface area contributed by atoms with E-state index in [4.69, 9.17) is 0 Å². The average Bonchev–Trinajstić information content (AvgIpc) is 2.43. The molecular weight excluding hydrogens is 354 g/mol. The largest absolute Gasteiger partial charge is 0.233 e. The maximum Gasteiger partial charge on any atom is 0.233 e. The lowest BCUT2D eigenvalue weighted by atomic mass is 9.45. The molecule has 0 fully saturated rings. The van der Waals surface area contributed by atoms with Gasteiger partial charge in [-0.15, -0.1) is 23.3 Å². The van der Waals surface area contributed by atoms with Crippen LogP contribution in [0.1, 0.15) is 0 Å². The Bertz CT molecular complexity index is 620. The standard InChI is InChI=1S/C16H22BF5Si2/c1-23(2,3)9-7-17(8-10-24(4,5)6)11-12(18)14(20)16(22)15(21)13(11)19/h7-10H,1-6H3/b9-7+,10-8+. The SMILES string of the molecule is C[Si](C)(C)/C=C/B(/C=C/[Si](C)(C)C)c1c(F)c(F)c(F)c(F)c1F. The van der Waals surface area contributed by atoms with Crippen LogP contribution >= 0.6 is 0 Å². The maximum atomic E-state index is 14.1. The van der Waals surface area contributed by atoms with Gasteiger partial charge < -0.3 is 0 Å². The minimum absolute atomic E-state index is 0.796. The summed E-state index contributed by atoms with van der Waals surface area (Å²) in [5, 5.41) is 0. The van der Waals surface area contributed by atoms with Gasteiger partial charge in [0, 0.05) is 5.46 Å². The molecule has 0 spiro atoms. The van der Waals surface area contributed by atoms with Crippen molar-refractivity contribution in [3.05, 3.63) is 52.4 Å². The summed E-state index contributed by atoms with van der Waals surface area (Å²) >= 11 is 0. The smallest absolute Gasteiger partial charge is 0.204 e. The molecule has 0 aliphatic rings. The molecule has 0 aliphatic carbocycles. The highest BCUT2D eigenvalue weighted by Crippen LogP contribution is 2.18. The summed E-state index contributed by atoms with van der Waals surface area (Å²) in [4.78, 5) is 0. The Kier molecular flexibility index (Phi) is 6.43. The van der Waals surface area contributed by atoms with Crippen LogP contribution < -0.4 is 5.46 Å². The molecule has 1 aromatic rings. The predicted molar refractivity (Wildman–Crippen MR) is 96.6 cm³/mol. The number of hydrogen-bond acceptors (Lipinski definition) is 0. The molecule has 0 radical (unpaired) electrons. The first kappa shape index (κ1) is 20.9. The number of halogens is 5. The summed E-state index contributed by atoms with van der Waals surface area (Å²) in [6.07, 6.45) is 0. The number of benzene rings is 1. The van der Waals surface area contributed by atoms with E-state index in [1.54, 1.807) is 12.0 Å². The Morgan fingerprint density at radius 1 is 0.583 bits per heavy atom. The van der Waals surface area contributed by atoms with Gasteiger partial charge in [-0.3, -0.25) is 0 Å². The Hall–Kier alpha value is -1.15. The Labute approximate surface area is 142 Å². The summed E-state index contributed by atoms with van der Waals surface area (Å²) < 4.78 is 68.6. The molecule has 24 heavy (non-hydrogen) atoms. The zero-order valence-electron chi connectivity index (χ0n) is 14.8. The third-order valence-corrected chi connectivity index (χ3v) is 5.57. The van der Waals surface area contributed by atoms with Gasteiger partial charge in [-0.25, -0.2) is 22.0 Å². The summed E-state index contributed by atoms with van der Waals surface area (Å²) in [5.41, 5.74) is 2.88. The fourth-order valence-corrected chi connectivity index (χ4v) is 3.53. The van der Waals surface area contributed by atoms with E-state index in [2.05, 4.69) is 0 Å². The molecule has 8 heteroatoms. The van der Waals surface area contributed by atoms with E-state index >= 15 is 0 Å². The van der Waals surface area contributed by atoms with Gasteiger partial charge in [0.05, 0.1) is 16.1 Å². The van der Waals surface area contributed by atoms with E-state index in [-0.39, 0.29) is 0 Å². The van der Waals surface area contributed by atoms with Crippen molar-refractivity contribution in [2.24, 2.45) is 0 Å². The Balaban J connectivity index is 3.56. The fraction of sp³-hybridized carbons (Fsp3) is 0.375. The van der Waals surface area contributed by atoms with Gasteiger partial charge in [0.15, 0.2) is 29.1 Å². The van der Waals surface area contributed by atoms with Gasteiger partial charge in [-0.05, 0) is 0 Å². The Morgan fingerprint density at radius 2 is 0.875 bits per heavy atom. The quantitative estimate of drug-likeness (QED) is 0.293. The fourth-order valence-electron chi connectivity index (χ4n) is 1.96. The molecule has 0 heterocycles. The number of rotatable bonds is 5. The summed E-state index contributed by atoms with van der Waals surface area (Å²) in [5.74, 6) is -6.39. The molecule has 0 atom stereocenters. The molecule has 0 amide bonds.